The Hall–Kier alpha value is -3.26. The summed E-state index contributed by atoms with van der Waals surface area (Å²) in [7, 11) is -2.67. The van der Waals surface area contributed by atoms with Gasteiger partial charge in [0, 0.05) is 94.5 Å². The van der Waals surface area contributed by atoms with E-state index in [4.69, 9.17) is 5.14 Å². The van der Waals surface area contributed by atoms with Crippen molar-refractivity contribution >= 4 is 32.5 Å². The van der Waals surface area contributed by atoms with Crippen LogP contribution in [0.1, 0.15) is 40.9 Å². The summed E-state index contributed by atoms with van der Waals surface area (Å²) >= 11 is 0. The number of aryl methyl sites for hydroxylation is 1. The number of alkyl halides is 3. The Morgan fingerprint density at radius 3 is 2.49 bits per heavy atom. The molecule has 0 aliphatic carbocycles. The molecule has 15 heteroatoms. The van der Waals surface area contributed by atoms with E-state index in [1.807, 2.05) is 6.07 Å². The Morgan fingerprint density at radius 2 is 1.81 bits per heavy atom. The van der Waals surface area contributed by atoms with Crippen molar-refractivity contribution in [3.8, 4) is 6.07 Å². The molecule has 0 amide bonds. The molecule has 3 aromatic rings. The molecule has 0 radical (unpaired) electrons. The highest BCUT2D eigenvalue weighted by molar-refractivity contribution is 7.96. The Kier molecular flexibility index (Phi) is 9.80. The van der Waals surface area contributed by atoms with Crippen LogP contribution in [0.5, 0.6) is 0 Å². The molecule has 0 saturated carbocycles. The number of likely N-dealkylation sites (tertiary alicyclic amines) is 1. The highest BCUT2D eigenvalue weighted by atomic mass is 32.2. The number of benzene rings is 1. The number of nitriles is 1. The van der Waals surface area contributed by atoms with Gasteiger partial charge >= 0.3 is 6.18 Å². The smallest absolute Gasteiger partial charge is 0.367 e. The minimum absolute atomic E-state index is 0.182. The maximum Gasteiger partial charge on any atom is 0.401 e. The van der Waals surface area contributed by atoms with Crippen LogP contribution >= 0.6 is 0 Å². The molecule has 47 heavy (non-hydrogen) atoms. The van der Waals surface area contributed by atoms with Crippen LogP contribution in [-0.2, 0) is 35.9 Å². The van der Waals surface area contributed by atoms with Gasteiger partial charge in [0.25, 0.3) is 0 Å². The zero-order chi connectivity index (χ0) is 33.3. The summed E-state index contributed by atoms with van der Waals surface area (Å²) in [6.07, 6.45) is -0.415. The van der Waals surface area contributed by atoms with E-state index in [9.17, 15) is 22.6 Å². The fourth-order valence-corrected chi connectivity index (χ4v) is 7.90. The molecule has 2 fully saturated rings. The normalized spacial score (nSPS) is 20.6. The van der Waals surface area contributed by atoms with Crippen LogP contribution in [0.25, 0.3) is 10.9 Å². The molecule has 3 aliphatic rings. The molecule has 254 valence electrons. The Balaban J connectivity index is 1.04. The second kappa shape index (κ2) is 13.7. The molecule has 3 N–H and O–H groups in total. The van der Waals surface area contributed by atoms with Crippen LogP contribution in [0.15, 0.2) is 24.5 Å². The van der Waals surface area contributed by atoms with Gasteiger partial charge in [-0.3, -0.25) is 14.7 Å². The summed E-state index contributed by atoms with van der Waals surface area (Å²) < 4.78 is 54.6. The van der Waals surface area contributed by atoms with Crippen LogP contribution in [0.2, 0.25) is 0 Å². The molecule has 5 heterocycles. The van der Waals surface area contributed by atoms with Crippen molar-refractivity contribution < 1.29 is 17.4 Å². The number of aromatic nitrogens is 3. The lowest BCUT2D eigenvalue weighted by atomic mass is 10.00. The number of anilines is 1. The second-order valence-electron chi connectivity index (χ2n) is 13.0. The van der Waals surface area contributed by atoms with E-state index >= 15 is 0 Å². The van der Waals surface area contributed by atoms with Crippen LogP contribution in [0.4, 0.5) is 19.0 Å². The molecular weight excluding hydrogens is 629 g/mol. The average molecular weight is 673 g/mol. The van der Waals surface area contributed by atoms with Gasteiger partial charge < -0.3 is 9.88 Å². The monoisotopic (exact) mass is 672 g/mol. The van der Waals surface area contributed by atoms with Crippen molar-refractivity contribution in [2.75, 3.05) is 64.2 Å². The molecule has 2 saturated heterocycles. The Labute approximate surface area is 274 Å². The lowest BCUT2D eigenvalue weighted by Crippen LogP contribution is -2.51. The van der Waals surface area contributed by atoms with E-state index in [1.54, 1.807) is 4.31 Å². The van der Waals surface area contributed by atoms with E-state index in [-0.39, 0.29) is 12.6 Å². The van der Waals surface area contributed by atoms with Crippen molar-refractivity contribution in [1.29, 1.82) is 5.26 Å². The number of nitrogens with two attached hydrogens (primary N) is 1. The van der Waals surface area contributed by atoms with Gasteiger partial charge in [0.1, 0.15) is 23.9 Å². The quantitative estimate of drug-likeness (QED) is 0.333. The van der Waals surface area contributed by atoms with Crippen LogP contribution in [-0.4, -0.2) is 115 Å². The van der Waals surface area contributed by atoms with Gasteiger partial charge in [-0.05, 0) is 55.3 Å². The summed E-state index contributed by atoms with van der Waals surface area (Å²) in [5.74, 6) is 4.34. The molecule has 6 rings (SSSR count). The number of hydrogen-bond donors (Lipinski definition) is 2. The average Bonchev–Trinajstić information content (AvgIpc) is 3.39. The highest BCUT2D eigenvalue weighted by Gasteiger charge is 2.33. The lowest BCUT2D eigenvalue weighted by molar-refractivity contribution is -0.147. The third-order valence-electron chi connectivity index (χ3n) is 9.80. The van der Waals surface area contributed by atoms with E-state index in [2.05, 4.69) is 60.6 Å². The number of rotatable bonds is 9. The third kappa shape index (κ3) is 7.90. The summed E-state index contributed by atoms with van der Waals surface area (Å²) in [6.45, 7) is 8.58. The molecule has 3 aliphatic heterocycles. The topological polar surface area (TPSA) is 123 Å². The number of fused-ring (bicyclic) bond motifs is 2. The predicted molar refractivity (Wildman–Crippen MR) is 178 cm³/mol. The van der Waals surface area contributed by atoms with Gasteiger partial charge in [-0.25, -0.2) is 23.6 Å². The fraction of sp³-hybridized carbons (Fsp3) is 0.562. The Bertz CT molecular complexity index is 1740. The van der Waals surface area contributed by atoms with Gasteiger partial charge in [-0.2, -0.15) is 18.4 Å². The number of piperazine rings is 1. The van der Waals surface area contributed by atoms with Crippen LogP contribution in [0, 0.1) is 18.3 Å². The molecular formula is C32H43F3N10OS. The van der Waals surface area contributed by atoms with Crippen LogP contribution in [0.3, 0.4) is 0 Å². The zero-order valence-corrected chi connectivity index (χ0v) is 27.6. The fourth-order valence-electron chi connectivity index (χ4n) is 7.12. The molecule has 1 atom stereocenters. The van der Waals surface area contributed by atoms with Gasteiger partial charge in [0.05, 0.1) is 22.1 Å². The van der Waals surface area contributed by atoms with Gasteiger partial charge in [0.15, 0.2) is 0 Å². The summed E-state index contributed by atoms with van der Waals surface area (Å²) in [4.78, 5) is 14.9. The number of halogens is 3. The van der Waals surface area contributed by atoms with Crippen LogP contribution < -0.4 is 10.5 Å². The number of piperidine rings is 1. The van der Waals surface area contributed by atoms with Crippen molar-refractivity contribution in [3.63, 3.8) is 0 Å². The maximum atomic E-state index is 12.9. The third-order valence-corrected chi connectivity index (χ3v) is 11.0. The van der Waals surface area contributed by atoms with Crippen molar-refractivity contribution in [2.45, 2.75) is 58.0 Å². The molecule has 1 unspecified atom stereocenters. The van der Waals surface area contributed by atoms with E-state index in [1.165, 1.54) is 22.4 Å². The minimum Gasteiger partial charge on any atom is -0.367 e. The maximum absolute atomic E-state index is 12.9. The van der Waals surface area contributed by atoms with Gasteiger partial charge in [-0.1, -0.05) is 6.07 Å². The first-order valence-corrected chi connectivity index (χ1v) is 17.9. The SMILES string of the molecule is C=S(N)(=O)N1CCN(CCn2c(C#N)cc3c(C)c(CN4CCC(Nc5ncnc6c5CCN(CC(F)(F)F)C6)CC4)ccc32)CC1. The minimum atomic E-state index is -4.22. The van der Waals surface area contributed by atoms with E-state index < -0.39 is 22.6 Å². The second-order valence-corrected chi connectivity index (χ2v) is 14.9. The van der Waals surface area contributed by atoms with E-state index in [0.29, 0.717) is 44.0 Å². The summed E-state index contributed by atoms with van der Waals surface area (Å²) in [6, 6.07) is 8.92. The number of hydrogen-bond acceptors (Lipinski definition) is 8. The largest absolute Gasteiger partial charge is 0.401 e. The zero-order valence-electron chi connectivity index (χ0n) is 26.8. The summed E-state index contributed by atoms with van der Waals surface area (Å²) in [5.41, 5.74) is 5.74. The first kappa shape index (κ1) is 33.6. The van der Waals surface area contributed by atoms with Gasteiger partial charge in [-0.15, -0.1) is 0 Å². The number of nitrogens with zero attached hydrogens (tertiary/aromatic N) is 8. The van der Waals surface area contributed by atoms with Gasteiger partial charge in [0.2, 0.25) is 0 Å². The first-order chi connectivity index (χ1) is 22.4. The lowest BCUT2D eigenvalue weighted by Gasteiger charge is -2.35. The highest BCUT2D eigenvalue weighted by Crippen LogP contribution is 2.29. The van der Waals surface area contributed by atoms with Crippen molar-refractivity contribution in [2.24, 2.45) is 5.14 Å². The molecule has 2 aromatic heterocycles. The van der Waals surface area contributed by atoms with E-state index in [0.717, 1.165) is 74.4 Å². The molecule has 0 bridgehead atoms. The molecule has 1 aromatic carbocycles. The Morgan fingerprint density at radius 1 is 1.06 bits per heavy atom. The molecule has 0 spiro atoms. The number of nitrogens with one attached hydrogen (secondary N) is 1. The standard InChI is InChI=1S/C32H43F3N10OS/c1-23-24(3-4-30-28(23)17-26(18-36)45(30)16-13-41-11-14-44(15-12-41)47(2,37)46)19-42-8-5-25(6-9-42)40-31-27-7-10-43(21-32(33,34)35)20-29(27)38-22-39-31/h3-4,17,22,25H,2,5-16,19-21H2,1H3,(H2,37,46)(H,38,39,40). The predicted octanol–water partition coefficient (Wildman–Crippen LogP) is 2.73. The summed E-state index contributed by atoms with van der Waals surface area (Å²) in [5, 5.41) is 20.3. The first-order valence-electron chi connectivity index (χ1n) is 16.1. The molecule has 11 nitrogen and oxygen atoms in total. The van der Waals surface area contributed by atoms with Crippen molar-refractivity contribution in [3.05, 3.63) is 52.6 Å². The van der Waals surface area contributed by atoms with Crippen molar-refractivity contribution in [1.82, 2.24) is 33.5 Å².